The Morgan fingerprint density at radius 2 is 2.23 bits per heavy atom. The van der Waals surface area contributed by atoms with Gasteiger partial charge in [-0.05, 0) is 18.4 Å². The second-order valence-electron chi connectivity index (χ2n) is 5.16. The number of carbonyl (C=O) groups is 1. The highest BCUT2D eigenvalue weighted by Gasteiger charge is 2.29. The number of rotatable bonds is 5. The van der Waals surface area contributed by atoms with E-state index in [2.05, 4.69) is 5.32 Å². The Morgan fingerprint density at radius 1 is 1.50 bits per heavy atom. The molecule has 1 unspecified atom stereocenters. The van der Waals surface area contributed by atoms with Crippen LogP contribution in [0.5, 0.6) is 5.75 Å². The first-order valence-corrected chi connectivity index (χ1v) is 8.45. The number of benzene rings is 1. The fourth-order valence-electron chi connectivity index (χ4n) is 2.39. The van der Waals surface area contributed by atoms with E-state index < -0.39 is 14.8 Å². The Labute approximate surface area is 127 Å². The van der Waals surface area contributed by atoms with Crippen molar-refractivity contribution < 1.29 is 22.9 Å². The molecule has 1 atom stereocenters. The molecule has 1 saturated heterocycles. The number of nitro benzene ring substituents is 1. The maximum absolute atomic E-state index is 12.0. The highest BCUT2D eigenvalue weighted by Crippen LogP contribution is 2.30. The summed E-state index contributed by atoms with van der Waals surface area (Å²) in [6.07, 6.45) is 0.576. The summed E-state index contributed by atoms with van der Waals surface area (Å²) in [5.41, 5.74) is 0.177. The summed E-state index contributed by atoms with van der Waals surface area (Å²) < 4.78 is 27.8. The molecular weight excluding hydrogens is 312 g/mol. The van der Waals surface area contributed by atoms with Gasteiger partial charge in [0.15, 0.2) is 9.84 Å². The number of methoxy groups -OCH3 is 1. The van der Waals surface area contributed by atoms with Gasteiger partial charge >= 0.3 is 0 Å². The summed E-state index contributed by atoms with van der Waals surface area (Å²) in [5, 5.41) is 13.3. The number of anilines is 1. The van der Waals surface area contributed by atoms with Crippen molar-refractivity contribution in [3.63, 3.8) is 0 Å². The number of hydrogen-bond acceptors (Lipinski definition) is 6. The molecule has 2 rings (SSSR count). The van der Waals surface area contributed by atoms with Crippen LogP contribution >= 0.6 is 0 Å². The Balaban J connectivity index is 2.04. The number of nitrogens with one attached hydrogen (secondary N) is 1. The molecule has 120 valence electrons. The van der Waals surface area contributed by atoms with E-state index in [0.717, 1.165) is 0 Å². The normalized spacial score (nSPS) is 19.6. The van der Waals surface area contributed by atoms with E-state index in [0.29, 0.717) is 12.1 Å². The summed E-state index contributed by atoms with van der Waals surface area (Å²) in [6.45, 7) is 0. The van der Waals surface area contributed by atoms with Crippen molar-refractivity contribution in [2.75, 3.05) is 23.9 Å². The smallest absolute Gasteiger partial charge is 0.273 e. The first-order chi connectivity index (χ1) is 10.3. The van der Waals surface area contributed by atoms with Crippen LogP contribution in [0.4, 0.5) is 11.4 Å². The van der Waals surface area contributed by atoms with Crippen molar-refractivity contribution in [3.05, 3.63) is 28.3 Å². The molecule has 1 heterocycles. The molecule has 1 fully saturated rings. The Bertz CT molecular complexity index is 700. The lowest BCUT2D eigenvalue weighted by atomic mass is 10.0. The molecule has 1 N–H and O–H groups in total. The number of carbonyl (C=O) groups excluding carboxylic acids is 1. The van der Waals surface area contributed by atoms with Gasteiger partial charge in [0, 0.05) is 12.5 Å². The number of ether oxygens (including phenoxy) is 1. The van der Waals surface area contributed by atoms with Gasteiger partial charge in [0.25, 0.3) is 5.69 Å². The molecule has 1 aromatic rings. The Morgan fingerprint density at radius 3 is 2.77 bits per heavy atom. The SMILES string of the molecule is COc1cc([N+](=O)[O-])ccc1NC(=O)CC1CCS(=O)(=O)C1. The van der Waals surface area contributed by atoms with Gasteiger partial charge < -0.3 is 10.1 Å². The van der Waals surface area contributed by atoms with Crippen LogP contribution in [0.2, 0.25) is 0 Å². The lowest BCUT2D eigenvalue weighted by Crippen LogP contribution is -2.17. The number of sulfone groups is 1. The molecular formula is C13H16N2O6S. The fraction of sp³-hybridized carbons (Fsp3) is 0.462. The number of amides is 1. The third kappa shape index (κ3) is 3.94. The molecule has 1 aromatic carbocycles. The van der Waals surface area contributed by atoms with E-state index in [9.17, 15) is 23.3 Å². The predicted octanol–water partition coefficient (Wildman–Crippen LogP) is 1.37. The minimum Gasteiger partial charge on any atom is -0.494 e. The van der Waals surface area contributed by atoms with Gasteiger partial charge in [-0.15, -0.1) is 0 Å². The number of nitro groups is 1. The van der Waals surface area contributed by atoms with Crippen LogP contribution in [0.3, 0.4) is 0 Å². The van der Waals surface area contributed by atoms with E-state index in [4.69, 9.17) is 4.74 Å². The second kappa shape index (κ2) is 6.30. The zero-order valence-electron chi connectivity index (χ0n) is 11.9. The van der Waals surface area contributed by atoms with E-state index in [1.165, 1.54) is 25.3 Å². The van der Waals surface area contributed by atoms with Crippen LogP contribution in [0.25, 0.3) is 0 Å². The van der Waals surface area contributed by atoms with Crippen LogP contribution < -0.4 is 10.1 Å². The molecule has 9 heteroatoms. The zero-order chi connectivity index (χ0) is 16.3. The minimum atomic E-state index is -3.02. The van der Waals surface area contributed by atoms with Crippen molar-refractivity contribution in [1.82, 2.24) is 0 Å². The molecule has 1 amide bonds. The molecule has 0 aliphatic carbocycles. The van der Waals surface area contributed by atoms with Gasteiger partial charge in [0.2, 0.25) is 5.91 Å². The fourth-order valence-corrected chi connectivity index (χ4v) is 4.26. The average molecular weight is 328 g/mol. The number of hydrogen-bond donors (Lipinski definition) is 1. The highest BCUT2D eigenvalue weighted by atomic mass is 32.2. The van der Waals surface area contributed by atoms with Gasteiger partial charge in [0.1, 0.15) is 5.75 Å². The van der Waals surface area contributed by atoms with E-state index in [1.807, 2.05) is 0 Å². The topological polar surface area (TPSA) is 116 Å². The monoisotopic (exact) mass is 328 g/mol. The molecule has 0 aromatic heterocycles. The van der Waals surface area contributed by atoms with Crippen molar-refractivity contribution in [2.24, 2.45) is 5.92 Å². The summed E-state index contributed by atoms with van der Waals surface area (Å²) in [6, 6.07) is 3.87. The molecule has 1 aliphatic rings. The lowest BCUT2D eigenvalue weighted by molar-refractivity contribution is -0.384. The molecule has 0 spiro atoms. The first kappa shape index (κ1) is 16.2. The van der Waals surface area contributed by atoms with Gasteiger partial charge in [-0.3, -0.25) is 14.9 Å². The van der Waals surface area contributed by atoms with Crippen molar-refractivity contribution >= 4 is 27.1 Å². The van der Waals surface area contributed by atoms with E-state index in [1.54, 1.807) is 0 Å². The third-order valence-corrected chi connectivity index (χ3v) is 5.31. The molecule has 0 saturated carbocycles. The van der Waals surface area contributed by atoms with Crippen LogP contribution in [0.1, 0.15) is 12.8 Å². The van der Waals surface area contributed by atoms with Crippen LogP contribution in [-0.2, 0) is 14.6 Å². The van der Waals surface area contributed by atoms with Crippen molar-refractivity contribution in [3.8, 4) is 5.75 Å². The van der Waals surface area contributed by atoms with Gasteiger partial charge in [-0.25, -0.2) is 8.42 Å². The predicted molar refractivity (Wildman–Crippen MR) is 79.7 cm³/mol. The maximum Gasteiger partial charge on any atom is 0.273 e. The highest BCUT2D eigenvalue weighted by molar-refractivity contribution is 7.91. The Kier molecular flexibility index (Phi) is 4.65. The van der Waals surface area contributed by atoms with Gasteiger partial charge in [-0.1, -0.05) is 0 Å². The van der Waals surface area contributed by atoms with Gasteiger partial charge in [-0.2, -0.15) is 0 Å². The standard InChI is InChI=1S/C13H16N2O6S/c1-21-12-7-10(15(17)18)2-3-11(12)14-13(16)6-9-4-5-22(19,20)8-9/h2-3,7,9H,4-6,8H2,1H3,(H,14,16). The lowest BCUT2D eigenvalue weighted by Gasteiger charge is -2.11. The third-order valence-electron chi connectivity index (χ3n) is 3.47. The molecule has 0 radical (unpaired) electrons. The largest absolute Gasteiger partial charge is 0.494 e. The molecule has 1 aliphatic heterocycles. The average Bonchev–Trinajstić information content (AvgIpc) is 2.77. The zero-order valence-corrected chi connectivity index (χ0v) is 12.8. The van der Waals surface area contributed by atoms with Crippen molar-refractivity contribution in [1.29, 1.82) is 0 Å². The van der Waals surface area contributed by atoms with E-state index in [-0.39, 0.29) is 41.2 Å². The van der Waals surface area contributed by atoms with Crippen molar-refractivity contribution in [2.45, 2.75) is 12.8 Å². The molecule has 22 heavy (non-hydrogen) atoms. The van der Waals surface area contributed by atoms with E-state index >= 15 is 0 Å². The minimum absolute atomic E-state index is 0.0256. The molecule has 0 bridgehead atoms. The quantitative estimate of drug-likeness (QED) is 0.644. The summed E-state index contributed by atoms with van der Waals surface area (Å²) in [5.74, 6) is -0.200. The summed E-state index contributed by atoms with van der Waals surface area (Å²) >= 11 is 0. The van der Waals surface area contributed by atoms with Crippen LogP contribution in [0.15, 0.2) is 18.2 Å². The maximum atomic E-state index is 12.0. The summed E-state index contributed by atoms with van der Waals surface area (Å²) in [4.78, 5) is 22.1. The second-order valence-corrected chi connectivity index (χ2v) is 7.39. The van der Waals surface area contributed by atoms with Crippen LogP contribution in [0, 0.1) is 16.0 Å². The summed E-state index contributed by atoms with van der Waals surface area (Å²) in [7, 11) is -1.68. The number of non-ortho nitro benzene ring substituents is 1. The first-order valence-electron chi connectivity index (χ1n) is 6.63. The van der Waals surface area contributed by atoms with Crippen LogP contribution in [-0.4, -0.2) is 37.9 Å². The Hall–Kier alpha value is -2.16. The number of nitrogens with zero attached hydrogens (tertiary/aromatic N) is 1. The van der Waals surface area contributed by atoms with Gasteiger partial charge in [0.05, 0.1) is 35.3 Å². The molecule has 8 nitrogen and oxygen atoms in total.